The van der Waals surface area contributed by atoms with Crippen LogP contribution in [0.15, 0.2) is 0 Å². The maximum atomic E-state index is 5.51. The molecule has 1 atom stereocenters. The molecule has 0 heterocycles. The predicted octanol–water partition coefficient (Wildman–Crippen LogP) is 1.73. The number of nitrogens with two attached hydrogens (primary N) is 1. The summed E-state index contributed by atoms with van der Waals surface area (Å²) in [7, 11) is 0. The molecule has 0 amide bonds. The van der Waals surface area contributed by atoms with Gasteiger partial charge in [-0.3, -0.25) is 0 Å². The molecule has 0 saturated heterocycles. The Hall–Kier alpha value is -0.0400. The van der Waals surface area contributed by atoms with Crippen LogP contribution in [0.1, 0.15) is 32.6 Å². The minimum Gasteiger partial charge on any atom is -0.328 e. The molecule has 0 aromatic rings. The first-order valence-corrected chi connectivity index (χ1v) is 3.32. The molecule has 0 aromatic heterocycles. The van der Waals surface area contributed by atoms with Crippen molar-refractivity contribution in [2.24, 2.45) is 5.73 Å². The molecule has 0 aliphatic heterocycles. The van der Waals surface area contributed by atoms with E-state index in [1.165, 1.54) is 12.8 Å². The highest BCUT2D eigenvalue weighted by atomic mass is 14.6. The Morgan fingerprint density at radius 3 is 2.50 bits per heavy atom. The van der Waals surface area contributed by atoms with Crippen molar-refractivity contribution in [2.75, 3.05) is 0 Å². The fraction of sp³-hybridized carbons (Fsp3) is 0.857. The van der Waals surface area contributed by atoms with Gasteiger partial charge in [0.05, 0.1) is 0 Å². The normalized spacial score (nSPS) is 13.9. The Labute approximate surface area is 52.3 Å². The van der Waals surface area contributed by atoms with E-state index in [0.717, 1.165) is 12.8 Å². The summed E-state index contributed by atoms with van der Waals surface area (Å²) in [6, 6.07) is 0.376. The van der Waals surface area contributed by atoms with Crippen molar-refractivity contribution < 1.29 is 0 Å². The third kappa shape index (κ3) is 5.96. The van der Waals surface area contributed by atoms with Gasteiger partial charge in [0, 0.05) is 6.04 Å². The van der Waals surface area contributed by atoms with Crippen molar-refractivity contribution in [1.82, 2.24) is 0 Å². The molecule has 0 bridgehead atoms. The maximum Gasteiger partial charge on any atom is 0.00104 e. The van der Waals surface area contributed by atoms with Gasteiger partial charge in [-0.2, -0.15) is 0 Å². The van der Waals surface area contributed by atoms with Gasteiger partial charge in [-0.25, -0.2) is 0 Å². The zero-order valence-electron chi connectivity index (χ0n) is 5.69. The van der Waals surface area contributed by atoms with Gasteiger partial charge in [-0.15, -0.1) is 0 Å². The van der Waals surface area contributed by atoms with E-state index < -0.39 is 0 Å². The van der Waals surface area contributed by atoms with Crippen LogP contribution >= 0.6 is 0 Å². The maximum absolute atomic E-state index is 5.51. The Bertz CT molecular complexity index is 41.7. The first-order chi connectivity index (χ1) is 3.77. The Kier molecular flexibility index (Phi) is 5.08. The van der Waals surface area contributed by atoms with Gasteiger partial charge in [0.1, 0.15) is 0 Å². The fourth-order valence-corrected chi connectivity index (χ4v) is 0.643. The van der Waals surface area contributed by atoms with Gasteiger partial charge in [0.25, 0.3) is 0 Å². The highest BCUT2D eigenvalue weighted by Gasteiger charge is 1.90. The van der Waals surface area contributed by atoms with Crippen LogP contribution < -0.4 is 5.73 Å². The molecule has 0 rings (SSSR count). The van der Waals surface area contributed by atoms with E-state index in [0.29, 0.717) is 6.04 Å². The molecule has 49 valence electrons. The highest BCUT2D eigenvalue weighted by molar-refractivity contribution is 4.52. The van der Waals surface area contributed by atoms with Crippen LogP contribution in [-0.4, -0.2) is 6.04 Å². The molecule has 1 radical (unpaired) electrons. The van der Waals surface area contributed by atoms with Crippen molar-refractivity contribution in [3.63, 3.8) is 0 Å². The van der Waals surface area contributed by atoms with Crippen molar-refractivity contribution in [2.45, 2.75) is 38.6 Å². The molecule has 1 heteroatoms. The van der Waals surface area contributed by atoms with E-state index in [-0.39, 0.29) is 0 Å². The quantitative estimate of drug-likeness (QED) is 0.553. The molecular formula is C7H16N. The summed E-state index contributed by atoms with van der Waals surface area (Å²) in [5.41, 5.74) is 5.51. The number of hydrogen-bond donors (Lipinski definition) is 1. The zero-order chi connectivity index (χ0) is 6.41. The first-order valence-electron chi connectivity index (χ1n) is 3.32. The molecule has 0 aliphatic carbocycles. The topological polar surface area (TPSA) is 26.0 Å². The van der Waals surface area contributed by atoms with E-state index in [1.54, 1.807) is 0 Å². The molecule has 0 unspecified atom stereocenters. The monoisotopic (exact) mass is 114 g/mol. The molecule has 2 N–H and O–H groups in total. The molecule has 0 aromatic carbocycles. The van der Waals surface area contributed by atoms with Crippen molar-refractivity contribution in [1.29, 1.82) is 0 Å². The lowest BCUT2D eigenvalue weighted by Crippen LogP contribution is -2.13. The SMILES string of the molecule is [CH2]CCCC[C@H](C)N. The third-order valence-electron chi connectivity index (χ3n) is 1.16. The van der Waals surface area contributed by atoms with E-state index in [1.807, 2.05) is 6.92 Å². The number of hydrogen-bond acceptors (Lipinski definition) is 1. The lowest BCUT2D eigenvalue weighted by molar-refractivity contribution is 0.601. The van der Waals surface area contributed by atoms with E-state index >= 15 is 0 Å². The first kappa shape index (κ1) is 7.96. The smallest absolute Gasteiger partial charge is 0.00104 e. The van der Waals surface area contributed by atoms with E-state index in [9.17, 15) is 0 Å². The molecule has 0 fully saturated rings. The largest absolute Gasteiger partial charge is 0.328 e. The van der Waals surface area contributed by atoms with Crippen molar-refractivity contribution in [3.05, 3.63) is 6.92 Å². The summed E-state index contributed by atoms with van der Waals surface area (Å²) in [6.07, 6.45) is 4.66. The van der Waals surface area contributed by atoms with Crippen molar-refractivity contribution >= 4 is 0 Å². The summed E-state index contributed by atoms with van der Waals surface area (Å²) in [4.78, 5) is 0. The minimum atomic E-state index is 0.376. The Morgan fingerprint density at radius 2 is 2.12 bits per heavy atom. The van der Waals surface area contributed by atoms with Gasteiger partial charge in [-0.05, 0) is 13.3 Å². The summed E-state index contributed by atoms with van der Waals surface area (Å²) in [5, 5.41) is 0. The molecule has 0 aliphatic rings. The number of unbranched alkanes of at least 4 members (excludes halogenated alkanes) is 2. The summed E-state index contributed by atoms with van der Waals surface area (Å²) in [5.74, 6) is 0. The van der Waals surface area contributed by atoms with Crippen LogP contribution in [0.3, 0.4) is 0 Å². The molecular weight excluding hydrogens is 98.1 g/mol. The van der Waals surface area contributed by atoms with Crippen LogP contribution in [-0.2, 0) is 0 Å². The van der Waals surface area contributed by atoms with Crippen LogP contribution in [0.2, 0.25) is 0 Å². The van der Waals surface area contributed by atoms with Crippen LogP contribution in [0.5, 0.6) is 0 Å². The average Bonchev–Trinajstić information content (AvgIpc) is 1.66. The van der Waals surface area contributed by atoms with Gasteiger partial charge < -0.3 is 5.73 Å². The van der Waals surface area contributed by atoms with Gasteiger partial charge in [-0.1, -0.05) is 26.2 Å². The van der Waals surface area contributed by atoms with Crippen LogP contribution in [0.4, 0.5) is 0 Å². The third-order valence-corrected chi connectivity index (χ3v) is 1.16. The van der Waals surface area contributed by atoms with Crippen LogP contribution in [0.25, 0.3) is 0 Å². The minimum absolute atomic E-state index is 0.376. The highest BCUT2D eigenvalue weighted by Crippen LogP contribution is 1.99. The Balaban J connectivity index is 2.72. The second-order valence-electron chi connectivity index (χ2n) is 2.33. The zero-order valence-corrected chi connectivity index (χ0v) is 5.69. The lowest BCUT2D eigenvalue weighted by atomic mass is 10.1. The molecule has 0 spiro atoms. The van der Waals surface area contributed by atoms with E-state index in [2.05, 4.69) is 6.92 Å². The second kappa shape index (κ2) is 5.10. The van der Waals surface area contributed by atoms with Gasteiger partial charge in [0.2, 0.25) is 0 Å². The fourth-order valence-electron chi connectivity index (χ4n) is 0.643. The van der Waals surface area contributed by atoms with Gasteiger partial charge >= 0.3 is 0 Å². The summed E-state index contributed by atoms with van der Waals surface area (Å²) < 4.78 is 0. The molecule has 0 saturated carbocycles. The van der Waals surface area contributed by atoms with Gasteiger partial charge in [0.15, 0.2) is 0 Å². The average molecular weight is 114 g/mol. The second-order valence-corrected chi connectivity index (χ2v) is 2.33. The molecule has 1 nitrogen and oxygen atoms in total. The number of rotatable bonds is 4. The van der Waals surface area contributed by atoms with Crippen molar-refractivity contribution in [3.8, 4) is 0 Å². The Morgan fingerprint density at radius 1 is 1.50 bits per heavy atom. The lowest BCUT2D eigenvalue weighted by Gasteiger charge is -2.01. The van der Waals surface area contributed by atoms with Crippen LogP contribution in [0, 0.1) is 6.92 Å². The van der Waals surface area contributed by atoms with E-state index in [4.69, 9.17) is 5.73 Å². The summed E-state index contributed by atoms with van der Waals surface area (Å²) >= 11 is 0. The standard InChI is InChI=1S/C7H16N/c1-3-4-5-6-7(2)8/h7H,1,3-6,8H2,2H3/t7-/m0/s1. The molecule has 8 heavy (non-hydrogen) atoms. The summed E-state index contributed by atoms with van der Waals surface area (Å²) in [6.45, 7) is 5.79. The predicted molar refractivity (Wildman–Crippen MR) is 37.5 cm³/mol.